The Morgan fingerprint density at radius 2 is 1.73 bits per heavy atom. The normalized spacial score (nSPS) is 12.7. The van der Waals surface area contributed by atoms with Crippen molar-refractivity contribution in [3.63, 3.8) is 0 Å². The number of aromatic nitrogens is 2. The van der Waals surface area contributed by atoms with Crippen molar-refractivity contribution in [1.82, 2.24) is 14.1 Å². The van der Waals surface area contributed by atoms with Crippen LogP contribution in [0.3, 0.4) is 0 Å². The van der Waals surface area contributed by atoms with Crippen LogP contribution < -0.4 is 0 Å². The van der Waals surface area contributed by atoms with E-state index in [9.17, 15) is 16.8 Å². The molecule has 0 aliphatic heterocycles. The minimum atomic E-state index is -3.92. The number of sulfonamides is 1. The summed E-state index contributed by atoms with van der Waals surface area (Å²) in [5.74, 6) is 0. The molecule has 9 heteroatoms. The molecule has 0 saturated heterocycles. The Morgan fingerprint density at radius 1 is 1.14 bits per heavy atom. The molecule has 0 atom stereocenters. The van der Waals surface area contributed by atoms with E-state index >= 15 is 0 Å². The molecule has 0 bridgehead atoms. The van der Waals surface area contributed by atoms with Crippen molar-refractivity contribution in [2.45, 2.75) is 16.3 Å². The van der Waals surface area contributed by atoms with Gasteiger partial charge in [0.05, 0.1) is 11.1 Å². The largest absolute Gasteiger partial charge is 0.275 e. The second kappa shape index (κ2) is 5.82. The fourth-order valence-corrected chi connectivity index (χ4v) is 4.79. The number of nitrogens with zero attached hydrogens (tertiary/aromatic N) is 3. The molecule has 1 aromatic heterocycles. The fraction of sp³-hybridized carbons (Fsp3) is 0.308. The van der Waals surface area contributed by atoms with Gasteiger partial charge in [-0.25, -0.2) is 16.8 Å². The van der Waals surface area contributed by atoms with Crippen molar-refractivity contribution in [3.05, 3.63) is 42.2 Å². The predicted molar refractivity (Wildman–Crippen MR) is 81.4 cm³/mol. The van der Waals surface area contributed by atoms with Gasteiger partial charge in [-0.1, -0.05) is 12.1 Å². The molecule has 0 N–H and O–H groups in total. The second-order valence-corrected chi connectivity index (χ2v) is 9.00. The summed E-state index contributed by atoms with van der Waals surface area (Å²) in [5, 5.41) is 3.98. The molecule has 0 fully saturated rings. The standard InChI is InChI=1S/C13H17N3O4S2/c1-15-9-11(8-14-15)10-16(2)22(19,20)13-7-5-4-6-12(13)21(3,17)18/h4-9H,10H2,1-3H3. The average Bonchev–Trinajstić information content (AvgIpc) is 2.83. The molecule has 2 rings (SSSR count). The van der Waals surface area contributed by atoms with E-state index in [0.717, 1.165) is 10.6 Å². The molecule has 7 nitrogen and oxygen atoms in total. The topological polar surface area (TPSA) is 89.3 Å². The maximum Gasteiger partial charge on any atom is 0.244 e. The molecule has 0 unspecified atom stereocenters. The first-order valence-electron chi connectivity index (χ1n) is 6.35. The minimum Gasteiger partial charge on any atom is -0.275 e. The molecule has 0 aliphatic carbocycles. The van der Waals surface area contributed by atoms with Crippen LogP contribution >= 0.6 is 0 Å². The number of benzene rings is 1. The third-order valence-corrected chi connectivity index (χ3v) is 6.25. The third-order valence-electron chi connectivity index (χ3n) is 3.10. The van der Waals surface area contributed by atoms with E-state index in [0.29, 0.717) is 5.56 Å². The van der Waals surface area contributed by atoms with Gasteiger partial charge in [0.25, 0.3) is 0 Å². The summed E-state index contributed by atoms with van der Waals surface area (Å²) in [6, 6.07) is 5.58. The summed E-state index contributed by atoms with van der Waals surface area (Å²) >= 11 is 0. The zero-order valence-electron chi connectivity index (χ0n) is 12.5. The van der Waals surface area contributed by atoms with Crippen molar-refractivity contribution in [2.24, 2.45) is 7.05 Å². The Labute approximate surface area is 130 Å². The molecule has 1 heterocycles. The Morgan fingerprint density at radius 3 is 2.23 bits per heavy atom. The summed E-state index contributed by atoms with van der Waals surface area (Å²) in [6.45, 7) is 0.105. The summed E-state index contributed by atoms with van der Waals surface area (Å²) in [5.41, 5.74) is 0.713. The number of hydrogen-bond donors (Lipinski definition) is 0. The molecule has 1 aromatic carbocycles. The van der Waals surface area contributed by atoms with Crippen LogP contribution in [0.1, 0.15) is 5.56 Å². The van der Waals surface area contributed by atoms with E-state index in [1.165, 1.54) is 31.3 Å². The average molecular weight is 343 g/mol. The van der Waals surface area contributed by atoms with Gasteiger partial charge in [0, 0.05) is 38.7 Å². The predicted octanol–water partition coefficient (Wildman–Crippen LogP) is 0.644. The summed E-state index contributed by atoms with van der Waals surface area (Å²) < 4.78 is 51.5. The summed E-state index contributed by atoms with van der Waals surface area (Å²) in [6.07, 6.45) is 4.26. The van der Waals surface area contributed by atoms with Crippen LogP contribution in [0.15, 0.2) is 46.5 Å². The van der Waals surface area contributed by atoms with Gasteiger partial charge in [0.1, 0.15) is 4.90 Å². The lowest BCUT2D eigenvalue weighted by Gasteiger charge is -2.18. The Bertz CT molecular complexity index is 886. The van der Waals surface area contributed by atoms with Gasteiger partial charge in [0.2, 0.25) is 10.0 Å². The van der Waals surface area contributed by atoms with E-state index in [4.69, 9.17) is 0 Å². The van der Waals surface area contributed by atoms with E-state index in [1.807, 2.05) is 0 Å². The van der Waals surface area contributed by atoms with Crippen LogP contribution in [0.25, 0.3) is 0 Å². The van der Waals surface area contributed by atoms with E-state index in [2.05, 4.69) is 5.10 Å². The molecule has 22 heavy (non-hydrogen) atoms. The van der Waals surface area contributed by atoms with Crippen molar-refractivity contribution in [1.29, 1.82) is 0 Å². The zero-order chi connectivity index (χ0) is 16.5. The van der Waals surface area contributed by atoms with E-state index in [1.54, 1.807) is 24.1 Å². The van der Waals surface area contributed by atoms with Gasteiger partial charge in [0.15, 0.2) is 9.84 Å². The van der Waals surface area contributed by atoms with Crippen molar-refractivity contribution < 1.29 is 16.8 Å². The van der Waals surface area contributed by atoms with Crippen LogP contribution in [0.5, 0.6) is 0 Å². The number of rotatable bonds is 5. The van der Waals surface area contributed by atoms with Gasteiger partial charge < -0.3 is 0 Å². The fourth-order valence-electron chi connectivity index (χ4n) is 2.03. The lowest BCUT2D eigenvalue weighted by Crippen LogP contribution is -2.27. The summed E-state index contributed by atoms with van der Waals surface area (Å²) in [4.78, 5) is -0.420. The van der Waals surface area contributed by atoms with Crippen LogP contribution in [-0.2, 0) is 33.5 Å². The Kier molecular flexibility index (Phi) is 4.41. The van der Waals surface area contributed by atoms with Crippen molar-refractivity contribution in [3.8, 4) is 0 Å². The quantitative estimate of drug-likeness (QED) is 0.795. The highest BCUT2D eigenvalue weighted by molar-refractivity contribution is 7.93. The van der Waals surface area contributed by atoms with Gasteiger partial charge in [-0.05, 0) is 12.1 Å². The third kappa shape index (κ3) is 3.37. The molecule has 2 aromatic rings. The monoisotopic (exact) mass is 343 g/mol. The van der Waals surface area contributed by atoms with Crippen LogP contribution in [-0.4, -0.2) is 44.2 Å². The van der Waals surface area contributed by atoms with Crippen LogP contribution in [0, 0.1) is 0 Å². The molecule has 0 spiro atoms. The van der Waals surface area contributed by atoms with Gasteiger partial charge in [-0.3, -0.25) is 4.68 Å². The zero-order valence-corrected chi connectivity index (χ0v) is 14.1. The lowest BCUT2D eigenvalue weighted by atomic mass is 10.4. The van der Waals surface area contributed by atoms with Gasteiger partial charge in [-0.2, -0.15) is 9.40 Å². The van der Waals surface area contributed by atoms with Gasteiger partial charge in [-0.15, -0.1) is 0 Å². The maximum atomic E-state index is 12.6. The molecular weight excluding hydrogens is 326 g/mol. The number of sulfone groups is 1. The van der Waals surface area contributed by atoms with Crippen LogP contribution in [0.2, 0.25) is 0 Å². The summed E-state index contributed by atoms with van der Waals surface area (Å²) in [7, 11) is -4.43. The van der Waals surface area contributed by atoms with Crippen molar-refractivity contribution >= 4 is 19.9 Å². The van der Waals surface area contributed by atoms with Crippen molar-refractivity contribution in [2.75, 3.05) is 13.3 Å². The maximum absolute atomic E-state index is 12.6. The first-order valence-corrected chi connectivity index (χ1v) is 9.68. The van der Waals surface area contributed by atoms with Crippen LogP contribution in [0.4, 0.5) is 0 Å². The lowest BCUT2D eigenvalue weighted by molar-refractivity contribution is 0.464. The Balaban J connectivity index is 2.43. The smallest absolute Gasteiger partial charge is 0.244 e. The SMILES string of the molecule is CN(Cc1cnn(C)c1)S(=O)(=O)c1ccccc1S(C)(=O)=O. The highest BCUT2D eigenvalue weighted by atomic mass is 32.2. The van der Waals surface area contributed by atoms with Gasteiger partial charge >= 0.3 is 0 Å². The van der Waals surface area contributed by atoms with E-state index < -0.39 is 19.9 Å². The second-order valence-electron chi connectivity index (χ2n) is 5.00. The molecule has 0 amide bonds. The first kappa shape index (κ1) is 16.7. The molecule has 0 saturated carbocycles. The number of hydrogen-bond acceptors (Lipinski definition) is 5. The highest BCUT2D eigenvalue weighted by Gasteiger charge is 2.27. The molecule has 0 radical (unpaired) electrons. The van der Waals surface area contributed by atoms with E-state index in [-0.39, 0.29) is 16.3 Å². The molecule has 0 aliphatic rings. The minimum absolute atomic E-state index is 0.105. The number of aryl methyl sites for hydroxylation is 1. The first-order chi connectivity index (χ1) is 10.1. The molecule has 120 valence electrons. The molecular formula is C13H17N3O4S2. The Hall–Kier alpha value is -1.71. The highest BCUT2D eigenvalue weighted by Crippen LogP contribution is 2.24.